The number of carbonyl (C=O) groups excluding carboxylic acids is 1. The van der Waals surface area contributed by atoms with Crippen LogP contribution in [0.25, 0.3) is 22.2 Å². The van der Waals surface area contributed by atoms with E-state index in [1.54, 1.807) is 19.2 Å². The van der Waals surface area contributed by atoms with Crippen molar-refractivity contribution in [2.45, 2.75) is 71.6 Å². The van der Waals surface area contributed by atoms with Crippen molar-refractivity contribution in [2.24, 2.45) is 5.92 Å². The number of unbranched alkanes of at least 4 members (excludes halogenated alkanes) is 8. The van der Waals surface area contributed by atoms with Gasteiger partial charge in [0.15, 0.2) is 0 Å². The van der Waals surface area contributed by atoms with Gasteiger partial charge in [0.25, 0.3) is 0 Å². The zero-order valence-corrected chi connectivity index (χ0v) is 22.3. The molecule has 0 aliphatic heterocycles. The number of rotatable bonds is 16. The minimum Gasteiger partial charge on any atom is -0.497 e. The minimum atomic E-state index is -0.444. The number of pyridine rings is 1. The summed E-state index contributed by atoms with van der Waals surface area (Å²) >= 11 is 0. The van der Waals surface area contributed by atoms with Crippen molar-refractivity contribution in [1.82, 2.24) is 4.98 Å². The van der Waals surface area contributed by atoms with Crippen LogP contribution in [0.3, 0.4) is 0 Å². The number of methoxy groups -OCH3 is 1. The van der Waals surface area contributed by atoms with Gasteiger partial charge in [-0.3, -0.25) is 4.79 Å². The van der Waals surface area contributed by atoms with Gasteiger partial charge in [0.1, 0.15) is 5.75 Å². The van der Waals surface area contributed by atoms with Crippen molar-refractivity contribution in [3.63, 3.8) is 0 Å². The second kappa shape index (κ2) is 15.0. The van der Waals surface area contributed by atoms with Gasteiger partial charge in [0.05, 0.1) is 31.8 Å². The second-order valence-electron chi connectivity index (χ2n) is 9.58. The van der Waals surface area contributed by atoms with E-state index in [9.17, 15) is 9.59 Å². The van der Waals surface area contributed by atoms with Crippen molar-refractivity contribution in [1.29, 1.82) is 0 Å². The third-order valence-corrected chi connectivity index (χ3v) is 6.21. The predicted octanol–water partition coefficient (Wildman–Crippen LogP) is 6.95. The number of hydrogen-bond donors (Lipinski definition) is 0. The molecule has 0 bridgehead atoms. The smallest absolute Gasteiger partial charge is 0.345 e. The van der Waals surface area contributed by atoms with Gasteiger partial charge in [-0.05, 0) is 42.7 Å². The zero-order chi connectivity index (χ0) is 26.5. The highest BCUT2D eigenvalue weighted by Crippen LogP contribution is 2.25. The van der Waals surface area contributed by atoms with Gasteiger partial charge in [-0.1, -0.05) is 70.9 Å². The highest BCUT2D eigenvalue weighted by atomic mass is 16.5. The molecule has 0 spiro atoms. The number of esters is 1. The summed E-state index contributed by atoms with van der Waals surface area (Å²) in [6.45, 7) is 4.84. The fourth-order valence-corrected chi connectivity index (χ4v) is 4.01. The maximum Gasteiger partial charge on any atom is 0.345 e. The molecule has 0 aliphatic carbocycles. The third kappa shape index (κ3) is 9.23. The zero-order valence-electron chi connectivity index (χ0n) is 22.3. The Bertz CT molecular complexity index is 1190. The maximum atomic E-state index is 12.6. The summed E-state index contributed by atoms with van der Waals surface area (Å²) in [7, 11) is 1.59. The quantitative estimate of drug-likeness (QED) is 0.152. The Kier molecular flexibility index (Phi) is 11.5. The van der Waals surface area contributed by atoms with Crippen LogP contribution in [0.15, 0.2) is 51.7 Å². The minimum absolute atomic E-state index is 0.0451. The second-order valence-corrected chi connectivity index (χ2v) is 9.58. The Morgan fingerprint density at radius 2 is 1.57 bits per heavy atom. The van der Waals surface area contributed by atoms with Crippen LogP contribution in [0.1, 0.15) is 71.6 Å². The number of nitrogens with zero attached hydrogens (tertiary/aromatic N) is 1. The summed E-state index contributed by atoms with van der Waals surface area (Å²) in [6.07, 6.45) is 10.2. The molecule has 0 aliphatic rings. The molecular formula is C30H39NO6. The molecule has 3 aromatic rings. The van der Waals surface area contributed by atoms with E-state index in [0.29, 0.717) is 30.4 Å². The Morgan fingerprint density at radius 1 is 0.892 bits per heavy atom. The van der Waals surface area contributed by atoms with Crippen molar-refractivity contribution in [3.05, 3.63) is 52.9 Å². The highest BCUT2D eigenvalue weighted by molar-refractivity contribution is 5.79. The largest absolute Gasteiger partial charge is 0.497 e. The van der Waals surface area contributed by atoms with Gasteiger partial charge in [-0.15, -0.1) is 0 Å². The monoisotopic (exact) mass is 509 g/mol. The SMILES string of the molecule is COc1cccc(-c2cc3ccc(OCCCCCCCCCCCOC(=O)C(C)C)nc3oc2=O)c1. The van der Waals surface area contributed by atoms with Crippen LogP contribution in [0.5, 0.6) is 11.6 Å². The number of carbonyl (C=O) groups is 1. The Labute approximate surface area is 219 Å². The van der Waals surface area contributed by atoms with Crippen LogP contribution in [0.4, 0.5) is 0 Å². The van der Waals surface area contributed by atoms with E-state index in [1.807, 2.05) is 44.2 Å². The molecule has 7 nitrogen and oxygen atoms in total. The number of fused-ring (bicyclic) bond motifs is 1. The van der Waals surface area contributed by atoms with Crippen molar-refractivity contribution < 1.29 is 23.4 Å². The van der Waals surface area contributed by atoms with Crippen LogP contribution in [0.2, 0.25) is 0 Å². The first-order valence-electron chi connectivity index (χ1n) is 13.4. The van der Waals surface area contributed by atoms with Crippen LogP contribution >= 0.6 is 0 Å². The first-order valence-corrected chi connectivity index (χ1v) is 13.4. The van der Waals surface area contributed by atoms with Crippen molar-refractivity contribution in [2.75, 3.05) is 20.3 Å². The summed E-state index contributed by atoms with van der Waals surface area (Å²) in [5.41, 5.74) is 1.03. The third-order valence-electron chi connectivity index (χ3n) is 6.21. The van der Waals surface area contributed by atoms with E-state index in [-0.39, 0.29) is 17.6 Å². The molecule has 1 aromatic carbocycles. The lowest BCUT2D eigenvalue weighted by molar-refractivity contribution is -0.147. The van der Waals surface area contributed by atoms with Crippen molar-refractivity contribution in [3.8, 4) is 22.8 Å². The van der Waals surface area contributed by atoms with E-state index < -0.39 is 5.63 Å². The van der Waals surface area contributed by atoms with Gasteiger partial charge in [-0.2, -0.15) is 4.98 Å². The molecule has 0 saturated carbocycles. The van der Waals surface area contributed by atoms with Crippen LogP contribution in [0, 0.1) is 5.92 Å². The average molecular weight is 510 g/mol. The number of ether oxygens (including phenoxy) is 3. The normalized spacial score (nSPS) is 11.1. The van der Waals surface area contributed by atoms with Gasteiger partial charge in [0, 0.05) is 11.5 Å². The van der Waals surface area contributed by atoms with E-state index in [0.717, 1.165) is 36.6 Å². The molecule has 7 heteroatoms. The van der Waals surface area contributed by atoms with E-state index in [1.165, 1.54) is 32.1 Å². The molecule has 0 atom stereocenters. The Balaban J connectivity index is 1.31. The predicted molar refractivity (Wildman–Crippen MR) is 145 cm³/mol. The van der Waals surface area contributed by atoms with Crippen LogP contribution in [-0.2, 0) is 9.53 Å². The molecular weight excluding hydrogens is 470 g/mol. The summed E-state index contributed by atoms with van der Waals surface area (Å²) in [5, 5.41) is 0.737. The van der Waals surface area contributed by atoms with Crippen LogP contribution < -0.4 is 15.1 Å². The first kappa shape index (κ1) is 28.2. The standard InChI is InChI=1S/C30H39NO6/c1-22(2)29(32)36-19-12-10-8-6-4-5-7-9-11-18-35-27-17-16-24-21-26(30(33)37-28(24)31-27)23-14-13-15-25(20-23)34-3/h13-17,20-22H,4-12,18-19H2,1-3H3. The van der Waals surface area contributed by atoms with Crippen molar-refractivity contribution >= 4 is 17.1 Å². The van der Waals surface area contributed by atoms with E-state index in [4.69, 9.17) is 18.6 Å². The number of aromatic nitrogens is 1. The average Bonchev–Trinajstić information content (AvgIpc) is 2.90. The first-order chi connectivity index (χ1) is 18.0. The summed E-state index contributed by atoms with van der Waals surface area (Å²) in [6, 6.07) is 12.8. The molecule has 0 unspecified atom stereocenters. The molecule has 200 valence electrons. The Hall–Kier alpha value is -3.35. The highest BCUT2D eigenvalue weighted by Gasteiger charge is 2.11. The molecule has 0 amide bonds. The fourth-order valence-electron chi connectivity index (χ4n) is 4.01. The number of benzene rings is 1. The molecule has 0 radical (unpaired) electrons. The van der Waals surface area contributed by atoms with Gasteiger partial charge >= 0.3 is 11.6 Å². The fraction of sp³-hybridized carbons (Fsp3) is 0.500. The molecule has 0 fully saturated rings. The molecule has 3 rings (SSSR count). The summed E-state index contributed by atoms with van der Waals surface area (Å²) in [5.74, 6) is 0.989. The summed E-state index contributed by atoms with van der Waals surface area (Å²) < 4.78 is 21.7. The topological polar surface area (TPSA) is 87.9 Å². The molecule has 37 heavy (non-hydrogen) atoms. The lowest BCUT2D eigenvalue weighted by Gasteiger charge is -2.08. The van der Waals surface area contributed by atoms with Gasteiger partial charge in [0.2, 0.25) is 11.6 Å². The van der Waals surface area contributed by atoms with E-state index in [2.05, 4.69) is 4.98 Å². The summed E-state index contributed by atoms with van der Waals surface area (Å²) in [4.78, 5) is 28.3. The number of hydrogen-bond acceptors (Lipinski definition) is 7. The molecule has 2 aromatic heterocycles. The maximum absolute atomic E-state index is 12.6. The Morgan fingerprint density at radius 3 is 2.24 bits per heavy atom. The van der Waals surface area contributed by atoms with Gasteiger partial charge < -0.3 is 18.6 Å². The lowest BCUT2D eigenvalue weighted by atomic mass is 10.1. The van der Waals surface area contributed by atoms with E-state index >= 15 is 0 Å². The lowest BCUT2D eigenvalue weighted by Crippen LogP contribution is -2.12. The van der Waals surface area contributed by atoms with Crippen LogP contribution in [-0.4, -0.2) is 31.3 Å². The molecule has 0 N–H and O–H groups in total. The molecule has 0 saturated heterocycles. The molecule has 2 heterocycles. The van der Waals surface area contributed by atoms with Gasteiger partial charge in [-0.25, -0.2) is 4.79 Å².